The summed E-state index contributed by atoms with van der Waals surface area (Å²) >= 11 is 0. The molecular weight excluding hydrogens is 261 g/mol. The number of likely N-dealkylation sites (tertiary alicyclic amines) is 1. The van der Waals surface area contributed by atoms with Crippen molar-refractivity contribution in [1.29, 1.82) is 0 Å². The molecule has 1 N–H and O–H groups in total. The molecule has 1 saturated heterocycles. The van der Waals surface area contributed by atoms with E-state index >= 15 is 0 Å². The normalized spacial score (nSPS) is 18.2. The van der Waals surface area contributed by atoms with E-state index in [1.165, 1.54) is 6.07 Å². The topological polar surface area (TPSA) is 57.6 Å². The third-order valence-electron chi connectivity index (χ3n) is 3.70. The van der Waals surface area contributed by atoms with Crippen LogP contribution in [0.15, 0.2) is 24.3 Å². The lowest BCUT2D eigenvalue weighted by Gasteiger charge is -2.16. The Morgan fingerprint density at radius 3 is 2.80 bits per heavy atom. The SMILES string of the molecule is O=C(O)CCC1CCN(C(=O)Cc2ccccc2F)C1. The maximum Gasteiger partial charge on any atom is 0.303 e. The van der Waals surface area contributed by atoms with E-state index in [4.69, 9.17) is 5.11 Å². The third kappa shape index (κ3) is 3.79. The number of carbonyl (C=O) groups is 2. The van der Waals surface area contributed by atoms with Crippen LogP contribution in [-0.4, -0.2) is 35.0 Å². The van der Waals surface area contributed by atoms with Gasteiger partial charge in [0.15, 0.2) is 0 Å². The molecular formula is C15H18FNO3. The molecule has 1 aromatic rings. The van der Waals surface area contributed by atoms with Gasteiger partial charge in [-0.3, -0.25) is 9.59 Å². The van der Waals surface area contributed by atoms with Gasteiger partial charge in [-0.1, -0.05) is 18.2 Å². The molecule has 1 aliphatic heterocycles. The van der Waals surface area contributed by atoms with Crippen molar-refractivity contribution in [2.45, 2.75) is 25.7 Å². The Labute approximate surface area is 117 Å². The Morgan fingerprint density at radius 1 is 1.35 bits per heavy atom. The van der Waals surface area contributed by atoms with Crippen molar-refractivity contribution in [3.63, 3.8) is 0 Å². The summed E-state index contributed by atoms with van der Waals surface area (Å²) in [4.78, 5) is 24.3. The predicted octanol–water partition coefficient (Wildman–Crippen LogP) is 2.08. The second kappa shape index (κ2) is 6.50. The average Bonchev–Trinajstić information content (AvgIpc) is 2.88. The van der Waals surface area contributed by atoms with Gasteiger partial charge in [-0.25, -0.2) is 4.39 Å². The minimum Gasteiger partial charge on any atom is -0.481 e. The molecule has 0 saturated carbocycles. The molecule has 1 aliphatic rings. The van der Waals surface area contributed by atoms with Crippen molar-refractivity contribution in [2.75, 3.05) is 13.1 Å². The van der Waals surface area contributed by atoms with Crippen LogP contribution in [0.2, 0.25) is 0 Å². The zero-order chi connectivity index (χ0) is 14.5. The zero-order valence-corrected chi connectivity index (χ0v) is 11.2. The van der Waals surface area contributed by atoms with Gasteiger partial charge < -0.3 is 10.0 Å². The van der Waals surface area contributed by atoms with Gasteiger partial charge in [0.25, 0.3) is 0 Å². The van der Waals surface area contributed by atoms with Crippen molar-refractivity contribution in [1.82, 2.24) is 4.90 Å². The van der Waals surface area contributed by atoms with Crippen LogP contribution in [0, 0.1) is 11.7 Å². The molecule has 108 valence electrons. The second-order valence-electron chi connectivity index (χ2n) is 5.20. The van der Waals surface area contributed by atoms with E-state index in [9.17, 15) is 14.0 Å². The number of aliphatic carboxylic acids is 1. The molecule has 1 fully saturated rings. The van der Waals surface area contributed by atoms with Crippen LogP contribution in [-0.2, 0) is 16.0 Å². The molecule has 0 spiro atoms. The first-order valence-corrected chi connectivity index (χ1v) is 6.79. The van der Waals surface area contributed by atoms with E-state index in [2.05, 4.69) is 0 Å². The van der Waals surface area contributed by atoms with Gasteiger partial charge in [0.1, 0.15) is 5.82 Å². The number of carboxylic acid groups (broad SMARTS) is 1. The molecule has 0 aromatic heterocycles. The number of hydrogen-bond donors (Lipinski definition) is 1. The number of halogens is 1. The predicted molar refractivity (Wildman–Crippen MR) is 71.7 cm³/mol. The maximum absolute atomic E-state index is 13.5. The maximum atomic E-state index is 13.5. The molecule has 4 nitrogen and oxygen atoms in total. The van der Waals surface area contributed by atoms with E-state index in [0.717, 1.165) is 6.42 Å². The Balaban J connectivity index is 1.85. The van der Waals surface area contributed by atoms with E-state index in [1.54, 1.807) is 23.1 Å². The standard InChI is InChI=1S/C15H18FNO3/c16-13-4-2-1-3-12(13)9-14(18)17-8-7-11(10-17)5-6-15(19)20/h1-4,11H,5-10H2,(H,19,20). The molecule has 1 heterocycles. The number of carbonyl (C=O) groups excluding carboxylic acids is 1. The summed E-state index contributed by atoms with van der Waals surface area (Å²) in [6.07, 6.45) is 1.63. The van der Waals surface area contributed by atoms with Gasteiger partial charge in [-0.15, -0.1) is 0 Å². The van der Waals surface area contributed by atoms with Gasteiger partial charge in [-0.05, 0) is 30.4 Å². The van der Waals surface area contributed by atoms with E-state index in [0.29, 0.717) is 25.1 Å². The smallest absolute Gasteiger partial charge is 0.303 e. The lowest BCUT2D eigenvalue weighted by atomic mass is 10.0. The summed E-state index contributed by atoms with van der Waals surface area (Å²) in [5.74, 6) is -1.01. The largest absolute Gasteiger partial charge is 0.481 e. The van der Waals surface area contributed by atoms with Gasteiger partial charge in [0.05, 0.1) is 6.42 Å². The summed E-state index contributed by atoms with van der Waals surface area (Å²) < 4.78 is 13.5. The second-order valence-corrected chi connectivity index (χ2v) is 5.20. The average molecular weight is 279 g/mol. The number of nitrogens with zero attached hydrogens (tertiary/aromatic N) is 1. The quantitative estimate of drug-likeness (QED) is 0.897. The summed E-state index contributed by atoms with van der Waals surface area (Å²) in [5, 5.41) is 8.65. The Morgan fingerprint density at radius 2 is 2.10 bits per heavy atom. The van der Waals surface area contributed by atoms with Gasteiger partial charge in [-0.2, -0.15) is 0 Å². The minimum absolute atomic E-state index is 0.0678. The number of benzene rings is 1. The highest BCUT2D eigenvalue weighted by Crippen LogP contribution is 2.22. The molecule has 20 heavy (non-hydrogen) atoms. The fraction of sp³-hybridized carbons (Fsp3) is 0.467. The monoisotopic (exact) mass is 279 g/mol. The Bertz CT molecular complexity index is 504. The third-order valence-corrected chi connectivity index (χ3v) is 3.70. The van der Waals surface area contributed by atoms with E-state index in [-0.39, 0.29) is 30.5 Å². The van der Waals surface area contributed by atoms with Crippen LogP contribution in [0.3, 0.4) is 0 Å². The summed E-state index contributed by atoms with van der Waals surface area (Å²) in [6, 6.07) is 6.28. The van der Waals surface area contributed by atoms with Crippen LogP contribution in [0.5, 0.6) is 0 Å². The molecule has 0 bridgehead atoms. The fourth-order valence-electron chi connectivity index (χ4n) is 2.54. The van der Waals surface area contributed by atoms with Crippen molar-refractivity contribution in [3.05, 3.63) is 35.6 Å². The van der Waals surface area contributed by atoms with Crippen molar-refractivity contribution < 1.29 is 19.1 Å². The summed E-state index contributed by atoms with van der Waals surface area (Å²) in [7, 11) is 0. The zero-order valence-electron chi connectivity index (χ0n) is 11.2. The lowest BCUT2D eigenvalue weighted by molar-refractivity contribution is -0.137. The molecule has 1 amide bonds. The van der Waals surface area contributed by atoms with E-state index in [1.807, 2.05) is 0 Å². The first kappa shape index (κ1) is 14.5. The van der Waals surface area contributed by atoms with Crippen LogP contribution in [0.1, 0.15) is 24.8 Å². The van der Waals surface area contributed by atoms with Gasteiger partial charge in [0, 0.05) is 19.5 Å². The number of hydrogen-bond acceptors (Lipinski definition) is 2. The number of rotatable bonds is 5. The van der Waals surface area contributed by atoms with Crippen LogP contribution >= 0.6 is 0 Å². The molecule has 1 aromatic carbocycles. The molecule has 5 heteroatoms. The molecule has 0 radical (unpaired) electrons. The van der Waals surface area contributed by atoms with Crippen LogP contribution < -0.4 is 0 Å². The first-order valence-electron chi connectivity index (χ1n) is 6.79. The van der Waals surface area contributed by atoms with Crippen LogP contribution in [0.4, 0.5) is 4.39 Å². The number of carboxylic acids is 1. The number of amides is 1. The Hall–Kier alpha value is -1.91. The van der Waals surface area contributed by atoms with Crippen LogP contribution in [0.25, 0.3) is 0 Å². The Kier molecular flexibility index (Phi) is 4.71. The molecule has 1 unspecified atom stereocenters. The van der Waals surface area contributed by atoms with E-state index < -0.39 is 5.97 Å². The van der Waals surface area contributed by atoms with Crippen molar-refractivity contribution in [3.8, 4) is 0 Å². The highest BCUT2D eigenvalue weighted by atomic mass is 19.1. The van der Waals surface area contributed by atoms with Gasteiger partial charge >= 0.3 is 5.97 Å². The highest BCUT2D eigenvalue weighted by Gasteiger charge is 2.26. The van der Waals surface area contributed by atoms with Gasteiger partial charge in [0.2, 0.25) is 5.91 Å². The summed E-state index contributed by atoms with van der Waals surface area (Å²) in [5.41, 5.74) is 0.409. The highest BCUT2D eigenvalue weighted by molar-refractivity contribution is 5.79. The fourth-order valence-corrected chi connectivity index (χ4v) is 2.54. The minimum atomic E-state index is -0.805. The summed E-state index contributed by atoms with van der Waals surface area (Å²) in [6.45, 7) is 1.22. The van der Waals surface area contributed by atoms with Crippen molar-refractivity contribution in [2.24, 2.45) is 5.92 Å². The lowest BCUT2D eigenvalue weighted by Crippen LogP contribution is -2.30. The first-order chi connectivity index (χ1) is 9.56. The van der Waals surface area contributed by atoms with Crippen molar-refractivity contribution >= 4 is 11.9 Å². The molecule has 0 aliphatic carbocycles. The molecule has 1 atom stereocenters. The molecule has 2 rings (SSSR count).